The lowest BCUT2D eigenvalue weighted by atomic mass is 10.0. The molecule has 1 unspecified atom stereocenters. The van der Waals surface area contributed by atoms with E-state index < -0.39 is 0 Å². The summed E-state index contributed by atoms with van der Waals surface area (Å²) in [6, 6.07) is 7.96. The lowest BCUT2D eigenvalue weighted by Gasteiger charge is -2.30. The zero-order valence-electron chi connectivity index (χ0n) is 13.1. The zero-order valence-corrected chi connectivity index (χ0v) is 14.7. The van der Waals surface area contributed by atoms with Crippen LogP contribution in [0.2, 0.25) is 0 Å². The van der Waals surface area contributed by atoms with Crippen LogP contribution in [0.1, 0.15) is 45.6 Å². The molecular formula is C17H27BrN2. The van der Waals surface area contributed by atoms with Gasteiger partial charge in [-0.15, -0.1) is 0 Å². The monoisotopic (exact) mass is 338 g/mol. The van der Waals surface area contributed by atoms with Crippen LogP contribution in [0, 0.1) is 5.92 Å². The minimum Gasteiger partial charge on any atom is -0.372 e. The molecule has 0 amide bonds. The van der Waals surface area contributed by atoms with Gasteiger partial charge in [-0.05, 0) is 55.9 Å². The molecule has 0 radical (unpaired) electrons. The molecule has 1 aliphatic carbocycles. The van der Waals surface area contributed by atoms with Gasteiger partial charge in [0.1, 0.15) is 0 Å². The lowest BCUT2D eigenvalue weighted by molar-refractivity contribution is 0.503. The first-order valence-corrected chi connectivity index (χ1v) is 8.51. The van der Waals surface area contributed by atoms with Gasteiger partial charge in [0.25, 0.3) is 0 Å². The summed E-state index contributed by atoms with van der Waals surface area (Å²) in [5.41, 5.74) is 2.75. The van der Waals surface area contributed by atoms with Crippen molar-refractivity contribution in [3.05, 3.63) is 28.2 Å². The summed E-state index contributed by atoms with van der Waals surface area (Å²) in [4.78, 5) is 2.43. The van der Waals surface area contributed by atoms with Crippen molar-refractivity contribution in [3.63, 3.8) is 0 Å². The first-order chi connectivity index (χ1) is 9.47. The van der Waals surface area contributed by atoms with Gasteiger partial charge in [0.05, 0.1) is 0 Å². The minimum absolute atomic E-state index is 0.566. The molecule has 1 saturated carbocycles. The maximum atomic E-state index is 3.63. The van der Waals surface area contributed by atoms with Crippen molar-refractivity contribution in [2.75, 3.05) is 11.9 Å². The van der Waals surface area contributed by atoms with E-state index in [9.17, 15) is 0 Å². The van der Waals surface area contributed by atoms with Crippen LogP contribution < -0.4 is 10.2 Å². The maximum absolute atomic E-state index is 3.63. The molecule has 1 aliphatic rings. The van der Waals surface area contributed by atoms with E-state index in [0.717, 1.165) is 18.5 Å². The summed E-state index contributed by atoms with van der Waals surface area (Å²) in [5, 5.41) is 3.63. The molecule has 2 nitrogen and oxygen atoms in total. The number of benzene rings is 1. The van der Waals surface area contributed by atoms with Crippen molar-refractivity contribution >= 4 is 21.6 Å². The van der Waals surface area contributed by atoms with Gasteiger partial charge in [0, 0.05) is 35.8 Å². The van der Waals surface area contributed by atoms with Crippen LogP contribution in [-0.4, -0.2) is 19.1 Å². The van der Waals surface area contributed by atoms with Crippen LogP contribution in [-0.2, 0) is 6.54 Å². The summed E-state index contributed by atoms with van der Waals surface area (Å²) < 4.78 is 1.17. The van der Waals surface area contributed by atoms with Crippen molar-refractivity contribution in [1.29, 1.82) is 0 Å². The zero-order chi connectivity index (χ0) is 14.7. The van der Waals surface area contributed by atoms with Gasteiger partial charge in [-0.25, -0.2) is 0 Å². The Morgan fingerprint density at radius 2 is 2.00 bits per heavy atom. The normalized spacial score (nSPS) is 16.5. The van der Waals surface area contributed by atoms with Crippen LogP contribution >= 0.6 is 15.9 Å². The third kappa shape index (κ3) is 4.49. The highest BCUT2D eigenvalue weighted by molar-refractivity contribution is 9.10. The van der Waals surface area contributed by atoms with Gasteiger partial charge in [0.2, 0.25) is 0 Å². The second-order valence-corrected chi connectivity index (χ2v) is 7.43. The number of rotatable bonds is 7. The fraction of sp³-hybridized carbons (Fsp3) is 0.647. The molecule has 0 heterocycles. The van der Waals surface area contributed by atoms with E-state index in [1.165, 1.54) is 35.0 Å². The van der Waals surface area contributed by atoms with Crippen molar-refractivity contribution in [3.8, 4) is 0 Å². The second kappa shape index (κ2) is 6.95. The van der Waals surface area contributed by atoms with E-state index in [4.69, 9.17) is 0 Å². The Labute approximate surface area is 132 Å². The third-order valence-electron chi connectivity index (χ3n) is 4.05. The van der Waals surface area contributed by atoms with E-state index in [1.54, 1.807) is 0 Å². The standard InChI is InChI=1S/C17H27BrN2/c1-12(2)9-13(3)20(4)17-8-5-15(18)10-14(17)11-19-16-6-7-16/h5,8,10,12-13,16,19H,6-7,9,11H2,1-4H3. The van der Waals surface area contributed by atoms with E-state index in [-0.39, 0.29) is 0 Å². The van der Waals surface area contributed by atoms with Crippen LogP contribution in [0.15, 0.2) is 22.7 Å². The highest BCUT2D eigenvalue weighted by Gasteiger charge is 2.21. The van der Waals surface area contributed by atoms with Crippen LogP contribution in [0.25, 0.3) is 0 Å². The van der Waals surface area contributed by atoms with Gasteiger partial charge in [-0.1, -0.05) is 29.8 Å². The van der Waals surface area contributed by atoms with Crippen LogP contribution in [0.3, 0.4) is 0 Å². The molecule has 20 heavy (non-hydrogen) atoms. The molecule has 0 aliphatic heterocycles. The Morgan fingerprint density at radius 1 is 1.30 bits per heavy atom. The predicted molar refractivity (Wildman–Crippen MR) is 91.3 cm³/mol. The first-order valence-electron chi connectivity index (χ1n) is 7.72. The third-order valence-corrected chi connectivity index (χ3v) is 4.55. The molecule has 0 bridgehead atoms. The number of anilines is 1. The van der Waals surface area contributed by atoms with Crippen LogP contribution in [0.4, 0.5) is 5.69 Å². The molecule has 112 valence electrons. The molecule has 1 aromatic carbocycles. The summed E-state index contributed by atoms with van der Waals surface area (Å²) in [5.74, 6) is 0.732. The van der Waals surface area contributed by atoms with Crippen molar-refractivity contribution in [1.82, 2.24) is 5.32 Å². The highest BCUT2D eigenvalue weighted by atomic mass is 79.9. The van der Waals surface area contributed by atoms with E-state index in [1.807, 2.05) is 0 Å². The molecule has 1 fully saturated rings. The number of nitrogens with zero attached hydrogens (tertiary/aromatic N) is 1. The average Bonchev–Trinajstić information content (AvgIpc) is 3.19. The Balaban J connectivity index is 2.11. The van der Waals surface area contributed by atoms with Crippen molar-refractivity contribution in [2.45, 2.75) is 58.7 Å². The fourth-order valence-electron chi connectivity index (χ4n) is 2.66. The molecule has 0 spiro atoms. The Morgan fingerprint density at radius 3 is 2.60 bits per heavy atom. The predicted octanol–water partition coefficient (Wildman–Crippen LogP) is 4.57. The topological polar surface area (TPSA) is 15.3 Å². The van der Waals surface area contributed by atoms with Gasteiger partial charge in [-0.2, -0.15) is 0 Å². The molecule has 1 atom stereocenters. The molecule has 0 aromatic heterocycles. The Bertz CT molecular complexity index is 441. The van der Waals surface area contributed by atoms with Gasteiger partial charge >= 0.3 is 0 Å². The molecular weight excluding hydrogens is 312 g/mol. The summed E-state index contributed by atoms with van der Waals surface area (Å²) >= 11 is 3.60. The average molecular weight is 339 g/mol. The van der Waals surface area contributed by atoms with Gasteiger partial charge < -0.3 is 10.2 Å². The summed E-state index contributed by atoms with van der Waals surface area (Å²) in [6.07, 6.45) is 3.90. The number of halogens is 1. The number of nitrogens with one attached hydrogen (secondary N) is 1. The fourth-order valence-corrected chi connectivity index (χ4v) is 3.07. The minimum atomic E-state index is 0.566. The lowest BCUT2D eigenvalue weighted by Crippen LogP contribution is -2.31. The molecule has 3 heteroatoms. The van der Waals surface area contributed by atoms with Gasteiger partial charge in [-0.3, -0.25) is 0 Å². The van der Waals surface area contributed by atoms with Crippen molar-refractivity contribution < 1.29 is 0 Å². The first kappa shape index (κ1) is 15.8. The quantitative estimate of drug-likeness (QED) is 0.783. The van der Waals surface area contributed by atoms with E-state index in [0.29, 0.717) is 6.04 Å². The molecule has 1 aromatic rings. The van der Waals surface area contributed by atoms with Crippen molar-refractivity contribution in [2.24, 2.45) is 5.92 Å². The van der Waals surface area contributed by atoms with Gasteiger partial charge in [0.15, 0.2) is 0 Å². The van der Waals surface area contributed by atoms with E-state index in [2.05, 4.69) is 72.2 Å². The molecule has 2 rings (SSSR count). The smallest absolute Gasteiger partial charge is 0.0412 e. The molecule has 0 saturated heterocycles. The Hall–Kier alpha value is -0.540. The largest absolute Gasteiger partial charge is 0.372 e. The highest BCUT2D eigenvalue weighted by Crippen LogP contribution is 2.28. The number of hydrogen-bond donors (Lipinski definition) is 1. The SMILES string of the molecule is CC(C)CC(C)N(C)c1ccc(Br)cc1CNC1CC1. The molecule has 1 N–H and O–H groups in total. The van der Waals surface area contributed by atoms with E-state index >= 15 is 0 Å². The second-order valence-electron chi connectivity index (χ2n) is 6.52. The maximum Gasteiger partial charge on any atom is 0.0412 e. The summed E-state index contributed by atoms with van der Waals surface area (Å²) in [6.45, 7) is 7.88. The Kier molecular flexibility index (Phi) is 5.50. The summed E-state index contributed by atoms with van der Waals surface area (Å²) in [7, 11) is 2.22. The number of hydrogen-bond acceptors (Lipinski definition) is 2. The van der Waals surface area contributed by atoms with Crippen LogP contribution in [0.5, 0.6) is 0 Å².